The van der Waals surface area contributed by atoms with Crippen LogP contribution in [-0.2, 0) is 9.47 Å². The molecule has 2 rings (SSSR count). The first-order chi connectivity index (χ1) is 8.26. The van der Waals surface area contributed by atoms with Crippen molar-refractivity contribution in [3.05, 3.63) is 46.7 Å². The lowest BCUT2D eigenvalue weighted by atomic mass is 10.3. The Labute approximate surface area is 108 Å². The maximum atomic E-state index is 5.24. The van der Waals surface area contributed by atoms with Gasteiger partial charge in [0.1, 0.15) is 5.69 Å². The number of ether oxygens (including phenoxy) is 2. The minimum atomic E-state index is -0.416. The molecule has 0 unspecified atom stereocenters. The van der Waals surface area contributed by atoms with Crippen LogP contribution in [0.1, 0.15) is 12.0 Å². The van der Waals surface area contributed by atoms with Crippen LogP contribution >= 0.6 is 15.9 Å². The third-order valence-corrected chi connectivity index (χ3v) is 2.94. The van der Waals surface area contributed by atoms with Crippen LogP contribution in [0.4, 0.5) is 0 Å². The summed E-state index contributed by atoms with van der Waals surface area (Å²) >= 11 is 3.40. The lowest BCUT2D eigenvalue weighted by molar-refractivity contribution is -0.109. The fourth-order valence-corrected chi connectivity index (χ4v) is 1.89. The molecule has 0 amide bonds. The second kappa shape index (κ2) is 5.44. The molecule has 1 aromatic carbocycles. The topological polar surface area (TPSA) is 36.3 Å². The zero-order chi connectivity index (χ0) is 12.3. The van der Waals surface area contributed by atoms with Crippen LogP contribution in [0.15, 0.2) is 41.0 Å². The van der Waals surface area contributed by atoms with Crippen molar-refractivity contribution < 1.29 is 9.47 Å². The Morgan fingerprint density at radius 1 is 1.12 bits per heavy atom. The maximum Gasteiger partial charge on any atom is 0.200 e. The molecule has 0 bridgehead atoms. The predicted octanol–water partition coefficient (Wildman–Crippen LogP) is 2.93. The van der Waals surface area contributed by atoms with Gasteiger partial charge in [0, 0.05) is 24.9 Å². The molecule has 0 N–H and O–H groups in total. The third kappa shape index (κ3) is 2.57. The summed E-state index contributed by atoms with van der Waals surface area (Å²) in [5.41, 5.74) is 1.82. The molecule has 0 fully saturated rings. The minimum Gasteiger partial charge on any atom is -0.350 e. The van der Waals surface area contributed by atoms with Gasteiger partial charge in [0.25, 0.3) is 0 Å². The zero-order valence-corrected chi connectivity index (χ0v) is 11.2. The van der Waals surface area contributed by atoms with E-state index in [1.165, 1.54) is 0 Å². The van der Waals surface area contributed by atoms with Crippen molar-refractivity contribution in [1.29, 1.82) is 0 Å². The average Bonchev–Trinajstić information content (AvgIpc) is 2.81. The Balaban J connectivity index is 2.39. The highest BCUT2D eigenvalue weighted by Crippen LogP contribution is 2.21. The lowest BCUT2D eigenvalue weighted by Gasteiger charge is -2.15. The van der Waals surface area contributed by atoms with Crippen molar-refractivity contribution in [1.82, 2.24) is 9.78 Å². The molecule has 0 aliphatic carbocycles. The molecule has 0 radical (unpaired) electrons. The van der Waals surface area contributed by atoms with Crippen molar-refractivity contribution in [2.75, 3.05) is 14.2 Å². The largest absolute Gasteiger partial charge is 0.350 e. The minimum absolute atomic E-state index is 0.416. The highest BCUT2D eigenvalue weighted by Gasteiger charge is 2.15. The molecule has 0 aliphatic rings. The molecule has 0 saturated heterocycles. The molecule has 90 valence electrons. The van der Waals surface area contributed by atoms with Gasteiger partial charge in [-0.1, -0.05) is 15.9 Å². The van der Waals surface area contributed by atoms with E-state index in [2.05, 4.69) is 21.0 Å². The fraction of sp³-hybridized carbons (Fsp3) is 0.250. The van der Waals surface area contributed by atoms with Crippen molar-refractivity contribution in [3.8, 4) is 5.69 Å². The quantitative estimate of drug-likeness (QED) is 0.814. The van der Waals surface area contributed by atoms with Crippen LogP contribution in [0.25, 0.3) is 5.69 Å². The number of halogens is 1. The molecule has 2 aromatic rings. The van der Waals surface area contributed by atoms with Crippen molar-refractivity contribution in [3.63, 3.8) is 0 Å². The van der Waals surface area contributed by atoms with Crippen LogP contribution in [0.5, 0.6) is 0 Å². The van der Waals surface area contributed by atoms with E-state index < -0.39 is 6.29 Å². The second-order valence-electron chi connectivity index (χ2n) is 3.45. The van der Waals surface area contributed by atoms with Gasteiger partial charge in [-0.05, 0) is 30.3 Å². The summed E-state index contributed by atoms with van der Waals surface area (Å²) in [7, 11) is 3.21. The first-order valence-corrected chi connectivity index (χ1v) is 5.91. The maximum absolute atomic E-state index is 5.24. The van der Waals surface area contributed by atoms with E-state index in [1.807, 2.05) is 30.3 Å². The number of hydrogen-bond acceptors (Lipinski definition) is 3. The van der Waals surface area contributed by atoms with Gasteiger partial charge < -0.3 is 9.47 Å². The number of aromatic nitrogens is 2. The molecule has 1 aromatic heterocycles. The van der Waals surface area contributed by atoms with Gasteiger partial charge in [-0.15, -0.1) is 0 Å². The Morgan fingerprint density at radius 2 is 1.76 bits per heavy atom. The van der Waals surface area contributed by atoms with Gasteiger partial charge in [0.2, 0.25) is 6.29 Å². The molecule has 5 heteroatoms. The Morgan fingerprint density at radius 3 is 2.35 bits per heavy atom. The van der Waals surface area contributed by atoms with E-state index in [9.17, 15) is 0 Å². The Bertz CT molecular complexity index is 478. The molecule has 1 heterocycles. The predicted molar refractivity (Wildman–Crippen MR) is 68.0 cm³/mol. The summed E-state index contributed by atoms with van der Waals surface area (Å²) in [5, 5.41) is 4.27. The van der Waals surface area contributed by atoms with Gasteiger partial charge in [-0.2, -0.15) is 5.10 Å². The zero-order valence-electron chi connectivity index (χ0n) is 9.63. The van der Waals surface area contributed by atoms with Crippen LogP contribution in [0, 0.1) is 0 Å². The lowest BCUT2D eigenvalue weighted by Crippen LogP contribution is -2.10. The Kier molecular flexibility index (Phi) is 3.93. The van der Waals surface area contributed by atoms with Crippen LogP contribution in [0.3, 0.4) is 0 Å². The first kappa shape index (κ1) is 12.3. The fourth-order valence-electron chi connectivity index (χ4n) is 1.63. The van der Waals surface area contributed by atoms with Gasteiger partial charge in [-0.3, -0.25) is 0 Å². The van der Waals surface area contributed by atoms with Crippen molar-refractivity contribution in [2.24, 2.45) is 0 Å². The van der Waals surface area contributed by atoms with Gasteiger partial charge >= 0.3 is 0 Å². The van der Waals surface area contributed by atoms with E-state index in [-0.39, 0.29) is 0 Å². The van der Waals surface area contributed by atoms with Crippen molar-refractivity contribution in [2.45, 2.75) is 6.29 Å². The normalized spacial score (nSPS) is 11.1. The monoisotopic (exact) mass is 296 g/mol. The van der Waals surface area contributed by atoms with E-state index >= 15 is 0 Å². The summed E-state index contributed by atoms with van der Waals surface area (Å²) in [5.74, 6) is 0. The third-order valence-electron chi connectivity index (χ3n) is 2.41. The first-order valence-electron chi connectivity index (χ1n) is 5.11. The number of nitrogens with zero attached hydrogens (tertiary/aromatic N) is 2. The summed E-state index contributed by atoms with van der Waals surface area (Å²) in [6.07, 6.45) is 1.31. The molecule has 0 saturated carbocycles. The van der Waals surface area contributed by atoms with E-state index in [4.69, 9.17) is 9.47 Å². The molecular formula is C12H13BrN2O2. The molecule has 0 spiro atoms. The van der Waals surface area contributed by atoms with Crippen LogP contribution in [0.2, 0.25) is 0 Å². The highest BCUT2D eigenvalue weighted by atomic mass is 79.9. The molecular weight excluding hydrogens is 284 g/mol. The average molecular weight is 297 g/mol. The van der Waals surface area contributed by atoms with E-state index in [0.29, 0.717) is 0 Å². The molecule has 17 heavy (non-hydrogen) atoms. The molecule has 4 nitrogen and oxygen atoms in total. The second-order valence-corrected chi connectivity index (χ2v) is 4.36. The van der Waals surface area contributed by atoms with Crippen LogP contribution < -0.4 is 0 Å². The highest BCUT2D eigenvalue weighted by molar-refractivity contribution is 9.10. The molecule has 0 aliphatic heterocycles. The Hall–Kier alpha value is -1.17. The summed E-state index contributed by atoms with van der Waals surface area (Å²) in [6.45, 7) is 0. The summed E-state index contributed by atoms with van der Waals surface area (Å²) in [6, 6.07) is 9.76. The van der Waals surface area contributed by atoms with E-state index in [1.54, 1.807) is 25.1 Å². The number of rotatable bonds is 4. The summed E-state index contributed by atoms with van der Waals surface area (Å²) in [4.78, 5) is 0. The summed E-state index contributed by atoms with van der Waals surface area (Å²) < 4.78 is 13.3. The number of methoxy groups -OCH3 is 2. The number of benzene rings is 1. The van der Waals surface area contributed by atoms with Crippen LogP contribution in [-0.4, -0.2) is 24.0 Å². The molecule has 0 atom stereocenters. The van der Waals surface area contributed by atoms with Gasteiger partial charge in [0.15, 0.2) is 0 Å². The smallest absolute Gasteiger partial charge is 0.200 e. The van der Waals surface area contributed by atoms with Gasteiger partial charge in [0.05, 0.1) is 5.69 Å². The number of hydrogen-bond donors (Lipinski definition) is 0. The SMILES string of the molecule is COC(OC)c1ccnn1-c1ccc(Br)cc1. The standard InChI is InChI=1S/C12H13BrN2O2/c1-16-12(17-2)11-7-8-14-15(11)10-5-3-9(13)4-6-10/h3-8,12H,1-2H3. The van der Waals surface area contributed by atoms with Gasteiger partial charge in [-0.25, -0.2) is 4.68 Å². The van der Waals surface area contributed by atoms with E-state index in [0.717, 1.165) is 15.9 Å². The van der Waals surface area contributed by atoms with Crippen molar-refractivity contribution >= 4 is 15.9 Å².